The summed E-state index contributed by atoms with van der Waals surface area (Å²) in [6.45, 7) is 20.5. The van der Waals surface area contributed by atoms with Crippen LogP contribution in [0.15, 0.2) is 0 Å². The predicted molar refractivity (Wildman–Crippen MR) is 84.3 cm³/mol. The van der Waals surface area contributed by atoms with Crippen LogP contribution in [0.25, 0.3) is 0 Å². The van der Waals surface area contributed by atoms with Crippen molar-refractivity contribution in [3.05, 3.63) is 17.2 Å². The standard InChI is InChI=1S/C15H28N2.2CH3O.ClH.Ti/c1-13(2,3)10-11(14(4,5)6)17-12(16-10)15(7,8)9;2*1-2;;/h1-9H3,(H,16,17);2*1H3;1H;/q;2*-1;;+1/p-1. The van der Waals surface area contributed by atoms with Gasteiger partial charge in [-0.2, -0.15) is 14.2 Å². The molecule has 1 heterocycles. The molecule has 0 bridgehead atoms. The van der Waals surface area contributed by atoms with Gasteiger partial charge in [-0.25, -0.2) is 0 Å². The first-order chi connectivity index (χ1) is 9.76. The van der Waals surface area contributed by atoms with Gasteiger partial charge in [0, 0.05) is 0 Å². The molecule has 0 amide bonds. The van der Waals surface area contributed by atoms with Crippen LogP contribution >= 0.6 is 0 Å². The van der Waals surface area contributed by atoms with E-state index in [2.05, 4.69) is 91.0 Å². The molecule has 4 nitrogen and oxygen atoms in total. The Hall–Kier alpha value is 0.134. The van der Waals surface area contributed by atoms with Gasteiger partial charge in [-0.3, -0.25) is 0 Å². The van der Waals surface area contributed by atoms with Crippen molar-refractivity contribution in [3.63, 3.8) is 0 Å². The number of halogens is 1. The smallest absolute Gasteiger partial charge is 0.153 e. The summed E-state index contributed by atoms with van der Waals surface area (Å²) in [7, 11) is 1.50. The second-order valence-electron chi connectivity index (χ2n) is 8.28. The fraction of sp³-hybridized carbons (Fsp3) is 0.824. The summed E-state index contributed by atoms with van der Waals surface area (Å²) >= 11 is 2.19. The van der Waals surface area contributed by atoms with Crippen molar-refractivity contribution in [1.82, 2.24) is 4.98 Å². The Morgan fingerprint density at radius 1 is 0.739 bits per heavy atom. The number of imidazole rings is 1. The zero-order valence-electron chi connectivity index (χ0n) is 16.6. The zero-order valence-corrected chi connectivity index (χ0v) is 19.0. The van der Waals surface area contributed by atoms with Gasteiger partial charge in [0.05, 0.1) is 0 Å². The van der Waals surface area contributed by atoms with Crippen molar-refractivity contribution in [2.24, 2.45) is 0 Å². The Labute approximate surface area is 161 Å². The van der Waals surface area contributed by atoms with Gasteiger partial charge in [0.15, 0.2) is 0 Å². The first-order valence-corrected chi connectivity index (χ1v) is 8.19. The molecule has 23 heavy (non-hydrogen) atoms. The third kappa shape index (κ3) is 7.70. The Morgan fingerprint density at radius 3 is 1.26 bits per heavy atom. The molecule has 1 N–H and O–H groups in total. The van der Waals surface area contributed by atoms with E-state index >= 15 is 0 Å². The molecule has 0 unspecified atom stereocenters. The quantitative estimate of drug-likeness (QED) is 0.554. The van der Waals surface area contributed by atoms with E-state index in [0.29, 0.717) is 0 Å². The van der Waals surface area contributed by atoms with E-state index in [1.807, 2.05) is 0 Å². The third-order valence-electron chi connectivity index (χ3n) is 3.10. The summed E-state index contributed by atoms with van der Waals surface area (Å²) in [4.78, 5) is 3.70. The minimum atomic E-state index is 0. The fourth-order valence-corrected chi connectivity index (χ4v) is 3.54. The van der Waals surface area contributed by atoms with Crippen LogP contribution < -0.4 is 25.7 Å². The average Bonchev–Trinajstić information content (AvgIpc) is 2.71. The average molecular weight is 382 g/mol. The van der Waals surface area contributed by atoms with Crippen LogP contribution in [0, 0.1) is 0 Å². The van der Waals surface area contributed by atoms with E-state index in [4.69, 9.17) is 10.2 Å². The number of hydrogen-bond acceptors (Lipinski definition) is 2. The molecule has 137 valence electrons. The number of aromatic amines is 1. The topological polar surface area (TPSA) is 65.8 Å². The summed E-state index contributed by atoms with van der Waals surface area (Å²) in [5.74, 6) is 1.30. The van der Waals surface area contributed by atoms with Crippen LogP contribution in [0.5, 0.6) is 0 Å². The molecule has 0 radical (unpaired) electrons. The molecule has 0 aliphatic carbocycles. The van der Waals surface area contributed by atoms with Crippen LogP contribution in [0.3, 0.4) is 0 Å². The largest absolute Gasteiger partial charge is 1.00 e. The maximum absolute atomic E-state index is 8.25. The van der Waals surface area contributed by atoms with Crippen LogP contribution in [-0.4, -0.2) is 19.2 Å². The van der Waals surface area contributed by atoms with E-state index in [1.54, 1.807) is 0 Å². The summed E-state index contributed by atoms with van der Waals surface area (Å²) in [6, 6.07) is 0. The summed E-state index contributed by atoms with van der Waals surface area (Å²) < 4.78 is 2.36. The van der Waals surface area contributed by atoms with Crippen molar-refractivity contribution in [1.29, 1.82) is 0 Å². The maximum atomic E-state index is 8.25. The molecular formula is C17H34ClN2O2Ti-2. The van der Waals surface area contributed by atoms with Gasteiger partial charge in [-0.15, -0.1) is 0 Å². The number of H-pyrrole nitrogens is 1. The molecule has 0 aliphatic heterocycles. The van der Waals surface area contributed by atoms with Crippen molar-refractivity contribution < 1.29 is 46.4 Å². The molecule has 0 saturated heterocycles. The van der Waals surface area contributed by atoms with Crippen molar-refractivity contribution in [2.45, 2.75) is 78.6 Å². The van der Waals surface area contributed by atoms with Gasteiger partial charge >= 0.3 is 124 Å². The summed E-state index contributed by atoms with van der Waals surface area (Å²) in [5.41, 5.74) is 3.21. The van der Waals surface area contributed by atoms with Gasteiger partial charge in [-0.1, -0.05) is 0 Å². The molecule has 0 fully saturated rings. The van der Waals surface area contributed by atoms with Gasteiger partial charge in [-0.05, 0) is 0 Å². The zero-order chi connectivity index (χ0) is 18.5. The van der Waals surface area contributed by atoms with Crippen molar-refractivity contribution in [3.8, 4) is 0 Å². The molecule has 0 atom stereocenters. The van der Waals surface area contributed by atoms with Gasteiger partial charge in [0.2, 0.25) is 0 Å². The Balaban J connectivity index is -0.000000739. The van der Waals surface area contributed by atoms with Gasteiger partial charge in [0.1, 0.15) is 0 Å². The minimum Gasteiger partial charge on any atom is -1.00 e. The second-order valence-corrected chi connectivity index (χ2v) is 8.98. The monoisotopic (exact) mass is 381 g/mol. The molecule has 0 spiro atoms. The third-order valence-corrected chi connectivity index (χ3v) is 3.80. The first-order valence-electron chi connectivity index (χ1n) is 7.49. The number of hydrogen-bond donors (Lipinski definition) is 1. The van der Waals surface area contributed by atoms with E-state index in [0.717, 1.165) is 14.2 Å². The number of rotatable bonds is 0. The van der Waals surface area contributed by atoms with Crippen LogP contribution in [-0.2, 0) is 36.9 Å². The molecule has 0 aliphatic rings. The Morgan fingerprint density at radius 2 is 1.09 bits per heavy atom. The van der Waals surface area contributed by atoms with Crippen molar-refractivity contribution in [2.75, 3.05) is 14.2 Å². The van der Waals surface area contributed by atoms with E-state index in [1.165, 1.54) is 17.2 Å². The van der Waals surface area contributed by atoms with E-state index in [-0.39, 0.29) is 28.7 Å². The first kappa shape index (κ1) is 28.0. The second kappa shape index (κ2) is 10.2. The van der Waals surface area contributed by atoms with Crippen LogP contribution in [0.1, 0.15) is 79.5 Å². The summed E-state index contributed by atoms with van der Waals surface area (Å²) in [5, 5.41) is 16.5. The molecule has 0 saturated carbocycles. The molecular weight excluding hydrogens is 348 g/mol. The van der Waals surface area contributed by atoms with Crippen molar-refractivity contribution >= 4 is 0 Å². The molecule has 1 aromatic heterocycles. The Bertz CT molecular complexity index is 453. The SMILES string of the molecule is CC(C)(C)c1[nH]c(C(C)(C)C)[n+]([Ti])c1C(C)(C)C.C[O-].C[O-].[Cl-]. The van der Waals surface area contributed by atoms with E-state index < -0.39 is 0 Å². The maximum Gasteiger partial charge on any atom is -0.153 e. The van der Waals surface area contributed by atoms with Gasteiger partial charge < -0.3 is 22.6 Å². The normalized spacial score (nSPS) is 11.5. The van der Waals surface area contributed by atoms with Crippen LogP contribution in [0.4, 0.5) is 0 Å². The van der Waals surface area contributed by atoms with E-state index in [9.17, 15) is 0 Å². The van der Waals surface area contributed by atoms with Crippen LogP contribution in [0.2, 0.25) is 0 Å². The summed E-state index contributed by atoms with van der Waals surface area (Å²) in [6.07, 6.45) is 0. The number of aromatic nitrogens is 2. The molecule has 1 aromatic rings. The predicted octanol–water partition coefficient (Wildman–Crippen LogP) is -1.54. The fourth-order valence-electron chi connectivity index (χ4n) is 2.23. The molecule has 6 heteroatoms. The van der Waals surface area contributed by atoms with Gasteiger partial charge in [0.25, 0.3) is 0 Å². The molecule has 1 rings (SSSR count). The number of nitrogens with zero attached hydrogens (tertiary/aromatic N) is 1. The molecule has 0 aromatic carbocycles. The Kier molecular flexibility index (Phi) is 12.4. The number of nitrogens with one attached hydrogen (secondary N) is 1. The minimum absolute atomic E-state index is 0.